The Kier molecular flexibility index (Phi) is 13.5. The number of phenolic OH excluding ortho intramolecular Hbond substituents is 1. The summed E-state index contributed by atoms with van der Waals surface area (Å²) in [6.45, 7) is 6.44. The topological polar surface area (TPSA) is 90.0 Å². The third kappa shape index (κ3) is 9.63. The number of sulfonamides is 1. The summed E-state index contributed by atoms with van der Waals surface area (Å²) >= 11 is 8.09. The third-order valence-electron chi connectivity index (χ3n) is 6.71. The SMILES string of the molecule is CCCN(CCC)C(=O)c1cccc(S(=O)(=O)N(CCCNCc2cccc(I)c2O)CCc2cc(F)cc(Cl)c2)c1. The summed E-state index contributed by atoms with van der Waals surface area (Å²) in [5.74, 6) is -0.445. The van der Waals surface area contributed by atoms with Crippen molar-refractivity contribution in [2.24, 2.45) is 0 Å². The molecule has 0 aromatic heterocycles. The number of rotatable bonds is 16. The van der Waals surface area contributed by atoms with Crippen LogP contribution in [-0.4, -0.2) is 61.4 Å². The molecule has 0 aliphatic carbocycles. The summed E-state index contributed by atoms with van der Waals surface area (Å²) in [4.78, 5) is 15.0. The first-order chi connectivity index (χ1) is 20.1. The maximum absolute atomic E-state index is 13.9. The number of phenols is 1. The lowest BCUT2D eigenvalue weighted by Crippen LogP contribution is -2.36. The number of amides is 1. The first-order valence-corrected chi connectivity index (χ1v) is 17.0. The van der Waals surface area contributed by atoms with E-state index in [0.29, 0.717) is 43.7 Å². The molecule has 0 bridgehead atoms. The highest BCUT2D eigenvalue weighted by Crippen LogP contribution is 2.24. The monoisotopic (exact) mass is 729 g/mol. The van der Waals surface area contributed by atoms with Gasteiger partial charge in [0.25, 0.3) is 5.91 Å². The van der Waals surface area contributed by atoms with E-state index in [1.807, 2.05) is 32.0 Å². The fourth-order valence-corrected chi connectivity index (χ4v) is 6.97. The van der Waals surface area contributed by atoms with Gasteiger partial charge >= 0.3 is 0 Å². The van der Waals surface area contributed by atoms with Gasteiger partial charge in [-0.25, -0.2) is 12.8 Å². The molecule has 0 aliphatic heterocycles. The van der Waals surface area contributed by atoms with Crippen LogP contribution in [0.15, 0.2) is 65.6 Å². The van der Waals surface area contributed by atoms with Crippen molar-refractivity contribution >= 4 is 50.1 Å². The van der Waals surface area contributed by atoms with Crippen molar-refractivity contribution in [1.29, 1.82) is 0 Å². The quantitative estimate of drug-likeness (QED) is 0.131. The fourth-order valence-electron chi connectivity index (χ4n) is 4.64. The highest BCUT2D eigenvalue weighted by Gasteiger charge is 2.26. The zero-order valence-electron chi connectivity index (χ0n) is 24.0. The lowest BCUT2D eigenvalue weighted by molar-refractivity contribution is 0.0755. The van der Waals surface area contributed by atoms with Crippen LogP contribution in [-0.2, 0) is 23.0 Å². The van der Waals surface area contributed by atoms with E-state index in [1.54, 1.807) is 23.1 Å². The van der Waals surface area contributed by atoms with Gasteiger partial charge in [0, 0.05) is 48.9 Å². The number of para-hydroxylation sites is 1. The van der Waals surface area contributed by atoms with Crippen LogP contribution in [0.5, 0.6) is 5.75 Å². The summed E-state index contributed by atoms with van der Waals surface area (Å²) < 4.78 is 43.9. The Balaban J connectivity index is 1.78. The van der Waals surface area contributed by atoms with E-state index in [4.69, 9.17) is 11.6 Å². The van der Waals surface area contributed by atoms with Crippen molar-refractivity contribution in [3.05, 3.63) is 91.8 Å². The van der Waals surface area contributed by atoms with Crippen molar-refractivity contribution in [2.45, 2.75) is 51.0 Å². The smallest absolute Gasteiger partial charge is 0.253 e. The van der Waals surface area contributed by atoms with Gasteiger partial charge in [-0.05, 0) is 103 Å². The number of hydrogen-bond acceptors (Lipinski definition) is 5. The summed E-state index contributed by atoms with van der Waals surface area (Å²) in [5, 5.41) is 13.8. The van der Waals surface area contributed by atoms with Crippen LogP contribution in [0, 0.1) is 9.39 Å². The van der Waals surface area contributed by atoms with E-state index >= 15 is 0 Å². The molecule has 2 N–H and O–H groups in total. The molecule has 0 saturated carbocycles. The van der Waals surface area contributed by atoms with Crippen LogP contribution in [0.1, 0.15) is 54.6 Å². The Labute approximate surface area is 267 Å². The molecule has 0 fully saturated rings. The molecule has 11 heteroatoms. The number of halogens is 3. The minimum absolute atomic E-state index is 0.0373. The molecule has 3 aromatic rings. The minimum Gasteiger partial charge on any atom is -0.507 e. The average Bonchev–Trinajstić information content (AvgIpc) is 2.95. The number of aromatic hydroxyl groups is 1. The number of benzene rings is 3. The minimum atomic E-state index is -3.98. The summed E-state index contributed by atoms with van der Waals surface area (Å²) in [7, 11) is -3.98. The van der Waals surface area contributed by atoms with Crippen LogP contribution < -0.4 is 5.32 Å². The summed E-state index contributed by atoms with van der Waals surface area (Å²) in [5.41, 5.74) is 1.68. The van der Waals surface area contributed by atoms with Crippen LogP contribution in [0.2, 0.25) is 5.02 Å². The Hall–Kier alpha value is -2.25. The second kappa shape index (κ2) is 16.6. The van der Waals surface area contributed by atoms with E-state index < -0.39 is 15.8 Å². The first kappa shape index (κ1) is 34.2. The Morgan fingerprint density at radius 2 is 1.71 bits per heavy atom. The van der Waals surface area contributed by atoms with E-state index in [2.05, 4.69) is 27.9 Å². The van der Waals surface area contributed by atoms with Crippen LogP contribution in [0.25, 0.3) is 0 Å². The Bertz CT molecular complexity index is 1430. The zero-order valence-corrected chi connectivity index (χ0v) is 27.7. The molecular weight excluding hydrogens is 692 g/mol. The van der Waals surface area contributed by atoms with Crippen molar-refractivity contribution < 1.29 is 22.7 Å². The van der Waals surface area contributed by atoms with Crippen LogP contribution in [0.4, 0.5) is 4.39 Å². The van der Waals surface area contributed by atoms with Gasteiger partial charge in [-0.3, -0.25) is 4.79 Å². The number of nitrogens with one attached hydrogen (secondary N) is 1. The molecule has 0 saturated heterocycles. The second-order valence-corrected chi connectivity index (χ2v) is 13.6. The van der Waals surface area contributed by atoms with Gasteiger partial charge in [0.15, 0.2) is 0 Å². The predicted molar refractivity (Wildman–Crippen MR) is 174 cm³/mol. The molecule has 42 heavy (non-hydrogen) atoms. The molecule has 3 rings (SSSR count). The maximum atomic E-state index is 13.9. The molecule has 0 unspecified atom stereocenters. The van der Waals surface area contributed by atoms with Gasteiger partial charge in [0.1, 0.15) is 11.6 Å². The van der Waals surface area contributed by atoms with Crippen molar-refractivity contribution in [3.8, 4) is 5.75 Å². The standard InChI is InChI=1S/C31H38ClFIN3O4S/c1-3-14-36(15-4-2)31(39)24-8-5-10-28(20-24)42(40,41)37(17-12-23-18-26(32)21-27(33)19-23)16-7-13-35-22-25-9-6-11-29(34)30(25)38/h5-6,8-11,18-21,35,38H,3-4,7,12-17,22H2,1-2H3. The van der Waals surface area contributed by atoms with Gasteiger partial charge < -0.3 is 15.3 Å². The van der Waals surface area contributed by atoms with E-state index in [1.165, 1.54) is 28.6 Å². The molecule has 3 aromatic carbocycles. The Morgan fingerprint density at radius 1 is 1.00 bits per heavy atom. The van der Waals surface area contributed by atoms with E-state index in [-0.39, 0.29) is 41.1 Å². The third-order valence-corrected chi connectivity index (χ3v) is 9.70. The number of carbonyl (C=O) groups excluding carboxylic acids is 1. The van der Waals surface area contributed by atoms with Crippen molar-refractivity contribution in [1.82, 2.24) is 14.5 Å². The normalized spacial score (nSPS) is 11.7. The average molecular weight is 730 g/mol. The summed E-state index contributed by atoms with van der Waals surface area (Å²) in [6, 6.07) is 15.9. The van der Waals surface area contributed by atoms with Crippen molar-refractivity contribution in [3.63, 3.8) is 0 Å². The number of carbonyl (C=O) groups is 1. The van der Waals surface area contributed by atoms with E-state index in [9.17, 15) is 22.7 Å². The van der Waals surface area contributed by atoms with Gasteiger partial charge in [-0.1, -0.05) is 43.6 Å². The molecule has 7 nitrogen and oxygen atoms in total. The van der Waals surface area contributed by atoms with E-state index in [0.717, 1.165) is 22.0 Å². The second-order valence-electron chi connectivity index (χ2n) is 10.0. The zero-order chi connectivity index (χ0) is 30.7. The van der Waals surface area contributed by atoms with Gasteiger partial charge in [-0.15, -0.1) is 0 Å². The fraction of sp³-hybridized carbons (Fsp3) is 0.387. The maximum Gasteiger partial charge on any atom is 0.253 e. The number of hydrogen-bond donors (Lipinski definition) is 2. The molecule has 1 amide bonds. The van der Waals surface area contributed by atoms with Gasteiger partial charge in [0.2, 0.25) is 10.0 Å². The number of nitrogens with zero attached hydrogens (tertiary/aromatic N) is 2. The molecule has 0 radical (unpaired) electrons. The Morgan fingerprint density at radius 3 is 2.40 bits per heavy atom. The highest BCUT2D eigenvalue weighted by molar-refractivity contribution is 14.1. The molecule has 228 valence electrons. The summed E-state index contributed by atoms with van der Waals surface area (Å²) in [6.07, 6.45) is 2.37. The van der Waals surface area contributed by atoms with Gasteiger partial charge in [-0.2, -0.15) is 4.31 Å². The molecule has 0 spiro atoms. The lowest BCUT2D eigenvalue weighted by Gasteiger charge is -2.24. The van der Waals surface area contributed by atoms with Crippen LogP contribution in [0.3, 0.4) is 0 Å². The van der Waals surface area contributed by atoms with Crippen LogP contribution >= 0.6 is 34.2 Å². The molecule has 0 atom stereocenters. The highest BCUT2D eigenvalue weighted by atomic mass is 127. The molecular formula is C31H38ClFIN3O4S. The molecule has 0 heterocycles. The largest absolute Gasteiger partial charge is 0.507 e. The molecule has 0 aliphatic rings. The lowest BCUT2D eigenvalue weighted by atomic mass is 10.1. The van der Waals surface area contributed by atoms with Gasteiger partial charge in [0.05, 0.1) is 8.47 Å². The predicted octanol–water partition coefficient (Wildman–Crippen LogP) is 6.46. The first-order valence-electron chi connectivity index (χ1n) is 14.1. The van der Waals surface area contributed by atoms with Crippen molar-refractivity contribution in [2.75, 3.05) is 32.7 Å².